The van der Waals surface area contributed by atoms with E-state index in [-0.39, 0.29) is 17.9 Å². The molecule has 0 amide bonds. The van der Waals surface area contributed by atoms with Crippen molar-refractivity contribution in [3.8, 4) is 0 Å². The maximum absolute atomic E-state index is 12.0. The Morgan fingerprint density at radius 2 is 2.33 bits per heavy atom. The summed E-state index contributed by atoms with van der Waals surface area (Å²) >= 11 is 3.45. The fraction of sp³-hybridized carbons (Fsp3) is 0.500. The number of ether oxygens (including phenoxy) is 1. The van der Waals surface area contributed by atoms with Gasteiger partial charge in [-0.25, -0.2) is 0 Å². The molecule has 0 aromatic heterocycles. The van der Waals surface area contributed by atoms with Gasteiger partial charge in [-0.15, -0.1) is 0 Å². The second-order valence-electron chi connectivity index (χ2n) is 4.61. The van der Waals surface area contributed by atoms with Gasteiger partial charge >= 0.3 is 5.97 Å². The molecule has 0 radical (unpaired) electrons. The van der Waals surface area contributed by atoms with Crippen LogP contribution < -0.4 is 5.32 Å². The topological polar surface area (TPSA) is 38.3 Å². The van der Waals surface area contributed by atoms with Gasteiger partial charge in [-0.3, -0.25) is 4.79 Å². The highest BCUT2D eigenvalue weighted by Crippen LogP contribution is 2.28. The first-order chi connectivity index (χ1) is 8.72. The van der Waals surface area contributed by atoms with Crippen molar-refractivity contribution in [1.82, 2.24) is 5.32 Å². The van der Waals surface area contributed by atoms with Crippen LogP contribution in [0.3, 0.4) is 0 Å². The van der Waals surface area contributed by atoms with Crippen LogP contribution in [-0.4, -0.2) is 25.7 Å². The molecule has 98 valence electrons. The summed E-state index contributed by atoms with van der Waals surface area (Å²) < 4.78 is 5.96. The Bertz CT molecular complexity index is 416. The number of hydrogen-bond acceptors (Lipinski definition) is 3. The standard InChI is InChI=1S/C14H18BrNO2/c1-18-14(17)13(12-7-2-3-8-16-12)10-5-4-6-11(15)9-10/h4-6,9,12-13,16H,2-3,7-8H2,1H3/t12-,13-/m0/s1. The normalized spacial score (nSPS) is 21.3. The summed E-state index contributed by atoms with van der Waals surface area (Å²) in [4.78, 5) is 12.0. The molecule has 0 saturated carbocycles. The van der Waals surface area contributed by atoms with Crippen LogP contribution >= 0.6 is 15.9 Å². The van der Waals surface area contributed by atoms with Crippen molar-refractivity contribution in [2.45, 2.75) is 31.2 Å². The van der Waals surface area contributed by atoms with E-state index in [0.717, 1.165) is 23.0 Å². The van der Waals surface area contributed by atoms with E-state index in [1.807, 2.05) is 24.3 Å². The van der Waals surface area contributed by atoms with Crippen molar-refractivity contribution in [2.24, 2.45) is 0 Å². The molecule has 3 nitrogen and oxygen atoms in total. The average molecular weight is 312 g/mol. The van der Waals surface area contributed by atoms with E-state index in [9.17, 15) is 4.79 Å². The predicted molar refractivity (Wildman–Crippen MR) is 74.5 cm³/mol. The van der Waals surface area contributed by atoms with Crippen LogP contribution in [0.5, 0.6) is 0 Å². The lowest BCUT2D eigenvalue weighted by atomic mass is 9.86. The Hall–Kier alpha value is -0.870. The number of carbonyl (C=O) groups excluding carboxylic acids is 1. The zero-order valence-corrected chi connectivity index (χ0v) is 12.1. The molecular weight excluding hydrogens is 294 g/mol. The highest BCUT2D eigenvalue weighted by atomic mass is 79.9. The van der Waals surface area contributed by atoms with Gasteiger partial charge < -0.3 is 10.1 Å². The largest absolute Gasteiger partial charge is 0.469 e. The molecule has 2 rings (SSSR count). The Kier molecular flexibility index (Phi) is 4.78. The molecule has 0 bridgehead atoms. The number of rotatable bonds is 3. The molecule has 2 atom stereocenters. The van der Waals surface area contributed by atoms with Gasteiger partial charge in [0.2, 0.25) is 0 Å². The quantitative estimate of drug-likeness (QED) is 0.872. The first kappa shape index (κ1) is 13.6. The van der Waals surface area contributed by atoms with E-state index in [0.29, 0.717) is 0 Å². The van der Waals surface area contributed by atoms with Crippen LogP contribution in [0.2, 0.25) is 0 Å². The summed E-state index contributed by atoms with van der Waals surface area (Å²) in [5, 5.41) is 3.44. The number of hydrogen-bond donors (Lipinski definition) is 1. The van der Waals surface area contributed by atoms with Crippen molar-refractivity contribution in [1.29, 1.82) is 0 Å². The zero-order chi connectivity index (χ0) is 13.0. The molecule has 1 aromatic rings. The van der Waals surface area contributed by atoms with E-state index in [1.54, 1.807) is 0 Å². The molecule has 1 aromatic carbocycles. The Morgan fingerprint density at radius 3 is 2.94 bits per heavy atom. The Morgan fingerprint density at radius 1 is 1.50 bits per heavy atom. The van der Waals surface area contributed by atoms with Crippen molar-refractivity contribution in [3.05, 3.63) is 34.3 Å². The van der Waals surface area contributed by atoms with Gasteiger partial charge in [0.25, 0.3) is 0 Å². The number of methoxy groups -OCH3 is 1. The minimum atomic E-state index is -0.215. The Balaban J connectivity index is 2.26. The van der Waals surface area contributed by atoms with E-state index in [4.69, 9.17) is 4.74 Å². The summed E-state index contributed by atoms with van der Waals surface area (Å²) in [6.07, 6.45) is 3.37. The maximum Gasteiger partial charge on any atom is 0.314 e. The zero-order valence-electron chi connectivity index (χ0n) is 10.5. The van der Waals surface area contributed by atoms with Gasteiger partial charge in [-0.05, 0) is 37.1 Å². The second-order valence-corrected chi connectivity index (χ2v) is 5.53. The molecule has 1 heterocycles. The first-order valence-electron chi connectivity index (χ1n) is 6.29. The number of esters is 1. The lowest BCUT2D eigenvalue weighted by Gasteiger charge is -2.30. The van der Waals surface area contributed by atoms with Crippen molar-refractivity contribution < 1.29 is 9.53 Å². The summed E-state index contributed by atoms with van der Waals surface area (Å²) in [5.41, 5.74) is 1.01. The molecule has 4 heteroatoms. The van der Waals surface area contributed by atoms with Crippen LogP contribution in [0.1, 0.15) is 30.7 Å². The van der Waals surface area contributed by atoms with E-state index in [2.05, 4.69) is 21.2 Å². The van der Waals surface area contributed by atoms with Crippen LogP contribution in [0.25, 0.3) is 0 Å². The lowest BCUT2D eigenvalue weighted by molar-refractivity contribution is -0.143. The number of piperidine rings is 1. The van der Waals surface area contributed by atoms with Gasteiger partial charge in [0, 0.05) is 10.5 Å². The molecule has 0 unspecified atom stereocenters. The van der Waals surface area contributed by atoms with Crippen LogP contribution in [-0.2, 0) is 9.53 Å². The van der Waals surface area contributed by atoms with Gasteiger partial charge in [-0.1, -0.05) is 34.5 Å². The fourth-order valence-electron chi connectivity index (χ4n) is 2.52. The third kappa shape index (κ3) is 3.12. The highest BCUT2D eigenvalue weighted by molar-refractivity contribution is 9.10. The second kappa shape index (κ2) is 6.34. The molecule has 0 spiro atoms. The fourth-order valence-corrected chi connectivity index (χ4v) is 2.94. The smallest absolute Gasteiger partial charge is 0.314 e. The summed E-state index contributed by atoms with van der Waals surface area (Å²) in [5.74, 6) is -0.375. The SMILES string of the molecule is COC(=O)[C@@H](c1cccc(Br)c1)[C@@H]1CCCCN1. The van der Waals surface area contributed by atoms with Crippen molar-refractivity contribution >= 4 is 21.9 Å². The minimum absolute atomic E-state index is 0.160. The number of benzene rings is 1. The first-order valence-corrected chi connectivity index (χ1v) is 7.08. The maximum atomic E-state index is 12.0. The molecule has 1 aliphatic heterocycles. The van der Waals surface area contributed by atoms with Crippen LogP contribution in [0.15, 0.2) is 28.7 Å². The highest BCUT2D eigenvalue weighted by Gasteiger charge is 2.31. The predicted octanol–water partition coefficient (Wildman–Crippen LogP) is 2.85. The molecule has 1 fully saturated rings. The minimum Gasteiger partial charge on any atom is -0.469 e. The summed E-state index contributed by atoms with van der Waals surface area (Å²) in [7, 11) is 1.45. The van der Waals surface area contributed by atoms with E-state index < -0.39 is 0 Å². The molecule has 1 saturated heterocycles. The monoisotopic (exact) mass is 311 g/mol. The van der Waals surface area contributed by atoms with Crippen molar-refractivity contribution in [2.75, 3.05) is 13.7 Å². The van der Waals surface area contributed by atoms with E-state index >= 15 is 0 Å². The van der Waals surface area contributed by atoms with Crippen molar-refractivity contribution in [3.63, 3.8) is 0 Å². The molecule has 1 aliphatic rings. The third-order valence-electron chi connectivity index (χ3n) is 3.41. The third-order valence-corrected chi connectivity index (χ3v) is 3.91. The Labute approximate surface area is 116 Å². The molecule has 1 N–H and O–H groups in total. The number of nitrogens with one attached hydrogen (secondary N) is 1. The van der Waals surface area contributed by atoms with Gasteiger partial charge in [0.05, 0.1) is 13.0 Å². The van der Waals surface area contributed by atoms with Gasteiger partial charge in [0.1, 0.15) is 0 Å². The lowest BCUT2D eigenvalue weighted by Crippen LogP contribution is -2.42. The van der Waals surface area contributed by atoms with Gasteiger partial charge in [0.15, 0.2) is 0 Å². The number of halogens is 1. The molecule has 0 aliphatic carbocycles. The van der Waals surface area contributed by atoms with Crippen LogP contribution in [0, 0.1) is 0 Å². The molecular formula is C14H18BrNO2. The summed E-state index contributed by atoms with van der Waals surface area (Å²) in [6, 6.07) is 8.09. The average Bonchev–Trinajstić information content (AvgIpc) is 2.40. The number of carbonyl (C=O) groups is 1. The molecule has 18 heavy (non-hydrogen) atoms. The summed E-state index contributed by atoms with van der Waals surface area (Å²) in [6.45, 7) is 0.978. The van der Waals surface area contributed by atoms with Crippen LogP contribution in [0.4, 0.5) is 0 Å². The van der Waals surface area contributed by atoms with E-state index in [1.165, 1.54) is 20.0 Å². The van der Waals surface area contributed by atoms with Gasteiger partial charge in [-0.2, -0.15) is 0 Å².